The van der Waals surface area contributed by atoms with E-state index in [1.54, 1.807) is 6.07 Å². The Labute approximate surface area is 82.1 Å². The first-order valence-corrected chi connectivity index (χ1v) is 4.67. The second-order valence-electron chi connectivity index (χ2n) is 3.61. The van der Waals surface area contributed by atoms with Crippen LogP contribution in [0.15, 0.2) is 18.2 Å². The van der Waals surface area contributed by atoms with E-state index in [4.69, 9.17) is 0 Å². The van der Waals surface area contributed by atoms with Crippen LogP contribution in [0.3, 0.4) is 0 Å². The molecule has 1 aromatic rings. The zero-order chi connectivity index (χ0) is 10.1. The number of aryl methyl sites for hydroxylation is 1. The van der Waals surface area contributed by atoms with Crippen molar-refractivity contribution in [3.05, 3.63) is 39.4 Å². The summed E-state index contributed by atoms with van der Waals surface area (Å²) >= 11 is 0. The lowest BCUT2D eigenvalue weighted by Gasteiger charge is -2.27. The van der Waals surface area contributed by atoms with E-state index >= 15 is 0 Å². The molecular formula is C10H12N2O2. The highest BCUT2D eigenvalue weighted by Gasteiger charge is 2.26. The van der Waals surface area contributed by atoms with Crippen molar-refractivity contribution in [1.29, 1.82) is 0 Å². The Balaban J connectivity index is 2.41. The SMILES string of the molecule is Cc1ccc(C2CCN2)c([N+](=O)[O-])c1. The van der Waals surface area contributed by atoms with Gasteiger partial charge in [0, 0.05) is 17.7 Å². The van der Waals surface area contributed by atoms with Gasteiger partial charge in [-0.15, -0.1) is 0 Å². The van der Waals surface area contributed by atoms with Gasteiger partial charge in [-0.2, -0.15) is 0 Å². The molecule has 0 bridgehead atoms. The minimum Gasteiger partial charge on any atom is -0.310 e. The highest BCUT2D eigenvalue weighted by molar-refractivity contribution is 5.45. The second kappa shape index (κ2) is 3.38. The fraction of sp³-hybridized carbons (Fsp3) is 0.400. The van der Waals surface area contributed by atoms with Crippen molar-refractivity contribution in [2.75, 3.05) is 6.54 Å². The summed E-state index contributed by atoms with van der Waals surface area (Å²) in [5.41, 5.74) is 1.98. The zero-order valence-corrected chi connectivity index (χ0v) is 7.99. The molecule has 14 heavy (non-hydrogen) atoms. The van der Waals surface area contributed by atoms with Gasteiger partial charge in [-0.25, -0.2) is 0 Å². The van der Waals surface area contributed by atoms with Crippen molar-refractivity contribution in [3.63, 3.8) is 0 Å². The van der Waals surface area contributed by atoms with E-state index in [1.807, 2.05) is 19.1 Å². The molecule has 1 aliphatic rings. The minimum absolute atomic E-state index is 0.177. The summed E-state index contributed by atoms with van der Waals surface area (Å²) < 4.78 is 0. The number of benzene rings is 1. The number of nitro groups is 1. The van der Waals surface area contributed by atoms with Crippen molar-refractivity contribution in [2.45, 2.75) is 19.4 Å². The van der Waals surface area contributed by atoms with E-state index in [0.717, 1.165) is 24.1 Å². The standard InChI is InChI=1S/C10H12N2O2/c1-7-2-3-8(9-4-5-11-9)10(6-7)12(13)14/h2-3,6,9,11H,4-5H2,1H3. The van der Waals surface area contributed by atoms with Crippen LogP contribution in [-0.2, 0) is 0 Å². The van der Waals surface area contributed by atoms with Crippen molar-refractivity contribution in [3.8, 4) is 0 Å². The Morgan fingerprint density at radius 2 is 2.29 bits per heavy atom. The summed E-state index contributed by atoms with van der Waals surface area (Å²) in [4.78, 5) is 10.5. The van der Waals surface area contributed by atoms with Crippen LogP contribution in [-0.4, -0.2) is 11.5 Å². The number of rotatable bonds is 2. The molecule has 0 aliphatic carbocycles. The summed E-state index contributed by atoms with van der Waals surface area (Å²) in [6.07, 6.45) is 0.990. The molecule has 1 aromatic carbocycles. The van der Waals surface area contributed by atoms with E-state index in [1.165, 1.54) is 0 Å². The van der Waals surface area contributed by atoms with Gasteiger partial charge in [0.1, 0.15) is 0 Å². The maximum absolute atomic E-state index is 10.8. The lowest BCUT2D eigenvalue weighted by atomic mass is 9.95. The molecule has 2 rings (SSSR count). The number of nitro benzene ring substituents is 1. The molecule has 1 heterocycles. The Bertz CT molecular complexity index is 372. The van der Waals surface area contributed by atoms with E-state index in [2.05, 4.69) is 5.32 Å². The maximum Gasteiger partial charge on any atom is 0.274 e. The average Bonchev–Trinajstić information content (AvgIpc) is 2.04. The monoisotopic (exact) mass is 192 g/mol. The summed E-state index contributed by atoms with van der Waals surface area (Å²) in [7, 11) is 0. The summed E-state index contributed by atoms with van der Waals surface area (Å²) in [5.74, 6) is 0. The maximum atomic E-state index is 10.8. The summed E-state index contributed by atoms with van der Waals surface area (Å²) in [6, 6.07) is 5.58. The number of nitrogens with one attached hydrogen (secondary N) is 1. The highest BCUT2D eigenvalue weighted by atomic mass is 16.6. The van der Waals surface area contributed by atoms with Gasteiger partial charge in [0.15, 0.2) is 0 Å². The second-order valence-corrected chi connectivity index (χ2v) is 3.61. The fourth-order valence-corrected chi connectivity index (χ4v) is 1.66. The van der Waals surface area contributed by atoms with Crippen LogP contribution in [0.1, 0.15) is 23.6 Å². The molecule has 0 radical (unpaired) electrons. The molecule has 4 heteroatoms. The van der Waals surface area contributed by atoms with Crippen molar-refractivity contribution < 1.29 is 4.92 Å². The first kappa shape index (κ1) is 9.15. The smallest absolute Gasteiger partial charge is 0.274 e. The molecule has 1 N–H and O–H groups in total. The molecule has 0 saturated carbocycles. The number of hydrogen-bond acceptors (Lipinski definition) is 3. The Hall–Kier alpha value is -1.42. The van der Waals surface area contributed by atoms with Crippen LogP contribution in [0, 0.1) is 17.0 Å². The van der Waals surface area contributed by atoms with Gasteiger partial charge in [0.05, 0.1) is 4.92 Å². The van der Waals surface area contributed by atoms with Crippen molar-refractivity contribution >= 4 is 5.69 Å². The quantitative estimate of drug-likeness (QED) is 0.575. The molecule has 74 valence electrons. The van der Waals surface area contributed by atoms with Crippen molar-refractivity contribution in [2.24, 2.45) is 0 Å². The summed E-state index contributed by atoms with van der Waals surface area (Å²) in [5, 5.41) is 14.0. The predicted molar refractivity (Wildman–Crippen MR) is 53.2 cm³/mol. The van der Waals surface area contributed by atoms with Crippen LogP contribution in [0.2, 0.25) is 0 Å². The molecule has 1 fully saturated rings. The average molecular weight is 192 g/mol. The number of nitrogens with zero attached hydrogens (tertiary/aromatic N) is 1. The predicted octanol–water partition coefficient (Wildman–Crippen LogP) is 1.94. The molecule has 1 unspecified atom stereocenters. The lowest BCUT2D eigenvalue weighted by molar-refractivity contribution is -0.385. The third-order valence-electron chi connectivity index (χ3n) is 2.58. The van der Waals surface area contributed by atoms with Gasteiger partial charge >= 0.3 is 0 Å². The van der Waals surface area contributed by atoms with Gasteiger partial charge in [-0.05, 0) is 25.5 Å². The van der Waals surface area contributed by atoms with E-state index < -0.39 is 0 Å². The molecule has 4 nitrogen and oxygen atoms in total. The largest absolute Gasteiger partial charge is 0.310 e. The molecule has 0 spiro atoms. The highest BCUT2D eigenvalue weighted by Crippen LogP contribution is 2.31. The van der Waals surface area contributed by atoms with Crippen LogP contribution < -0.4 is 5.32 Å². The molecule has 0 aromatic heterocycles. The number of hydrogen-bond donors (Lipinski definition) is 1. The van der Waals surface area contributed by atoms with Gasteiger partial charge in [-0.3, -0.25) is 10.1 Å². The zero-order valence-electron chi connectivity index (χ0n) is 7.99. The summed E-state index contributed by atoms with van der Waals surface area (Å²) in [6.45, 7) is 2.82. The fourth-order valence-electron chi connectivity index (χ4n) is 1.66. The first-order valence-electron chi connectivity index (χ1n) is 4.67. The van der Waals surface area contributed by atoms with Crippen LogP contribution in [0.5, 0.6) is 0 Å². The van der Waals surface area contributed by atoms with E-state index in [-0.39, 0.29) is 16.7 Å². The van der Waals surface area contributed by atoms with Gasteiger partial charge in [0.25, 0.3) is 5.69 Å². The van der Waals surface area contributed by atoms with E-state index in [0.29, 0.717) is 0 Å². The third-order valence-corrected chi connectivity index (χ3v) is 2.58. The molecular weight excluding hydrogens is 180 g/mol. The van der Waals surface area contributed by atoms with Gasteiger partial charge < -0.3 is 5.32 Å². The first-order chi connectivity index (χ1) is 6.68. The molecule has 1 aliphatic heterocycles. The Morgan fingerprint density at radius 1 is 1.57 bits per heavy atom. The van der Waals surface area contributed by atoms with E-state index in [9.17, 15) is 10.1 Å². The van der Waals surface area contributed by atoms with Gasteiger partial charge in [0.2, 0.25) is 0 Å². The lowest BCUT2D eigenvalue weighted by Crippen LogP contribution is -2.35. The third kappa shape index (κ3) is 1.48. The topological polar surface area (TPSA) is 55.2 Å². The normalized spacial score (nSPS) is 20.2. The molecule has 1 saturated heterocycles. The van der Waals surface area contributed by atoms with Crippen LogP contribution >= 0.6 is 0 Å². The molecule has 0 amide bonds. The van der Waals surface area contributed by atoms with Crippen LogP contribution in [0.25, 0.3) is 0 Å². The van der Waals surface area contributed by atoms with Crippen molar-refractivity contribution in [1.82, 2.24) is 5.32 Å². The minimum atomic E-state index is -0.303. The Kier molecular flexibility index (Phi) is 2.21. The van der Waals surface area contributed by atoms with Gasteiger partial charge in [-0.1, -0.05) is 12.1 Å². The Morgan fingerprint density at radius 3 is 2.79 bits per heavy atom. The van der Waals surface area contributed by atoms with Crippen LogP contribution in [0.4, 0.5) is 5.69 Å². The molecule has 1 atom stereocenters.